The summed E-state index contributed by atoms with van der Waals surface area (Å²) >= 11 is 0. The van der Waals surface area contributed by atoms with Crippen LogP contribution in [-0.4, -0.2) is 36.5 Å². The van der Waals surface area contributed by atoms with Crippen LogP contribution in [0.3, 0.4) is 0 Å². The number of fused-ring (bicyclic) bond motifs is 1. The molecule has 1 aliphatic heterocycles. The number of alkyl halides is 2. The van der Waals surface area contributed by atoms with Gasteiger partial charge in [0.25, 0.3) is 0 Å². The molecule has 0 saturated heterocycles. The Morgan fingerprint density at radius 1 is 1.16 bits per heavy atom. The first-order chi connectivity index (χ1) is 17.9. The second-order valence-corrected chi connectivity index (χ2v) is 7.83. The van der Waals surface area contributed by atoms with Crippen molar-refractivity contribution in [1.82, 2.24) is 24.7 Å². The van der Waals surface area contributed by atoms with E-state index in [-0.39, 0.29) is 17.3 Å². The fraction of sp³-hybridized carbons (Fsp3) is 0.125. The molecule has 2 aromatic carbocycles. The summed E-state index contributed by atoms with van der Waals surface area (Å²) < 4.78 is 46.2. The van der Waals surface area contributed by atoms with E-state index in [1.54, 1.807) is 41.4 Å². The molecule has 37 heavy (non-hydrogen) atoms. The van der Waals surface area contributed by atoms with Gasteiger partial charge in [-0.2, -0.15) is 19.1 Å². The van der Waals surface area contributed by atoms with Gasteiger partial charge in [0.15, 0.2) is 17.8 Å². The van der Waals surface area contributed by atoms with Crippen molar-refractivity contribution in [3.8, 4) is 11.8 Å². The van der Waals surface area contributed by atoms with Crippen LogP contribution in [0.25, 0.3) is 5.70 Å². The molecule has 186 valence electrons. The third kappa shape index (κ3) is 4.41. The van der Waals surface area contributed by atoms with Crippen LogP contribution >= 0.6 is 0 Å². The molecule has 0 fully saturated rings. The minimum absolute atomic E-state index is 0.123. The molecule has 0 radical (unpaired) electrons. The first-order valence-corrected chi connectivity index (χ1v) is 10.8. The predicted molar refractivity (Wildman–Crippen MR) is 123 cm³/mol. The molecule has 2 unspecified atom stereocenters. The van der Waals surface area contributed by atoms with Crippen molar-refractivity contribution in [2.24, 2.45) is 5.73 Å². The van der Waals surface area contributed by atoms with Crippen LogP contribution < -0.4 is 15.4 Å². The van der Waals surface area contributed by atoms with Crippen molar-refractivity contribution in [3.63, 3.8) is 0 Å². The quantitative estimate of drug-likeness (QED) is 0.404. The van der Waals surface area contributed by atoms with Gasteiger partial charge in [-0.3, -0.25) is 0 Å². The molecule has 0 saturated carbocycles. The van der Waals surface area contributed by atoms with Gasteiger partial charge in [0, 0.05) is 18.1 Å². The molecular weight excluding hydrogens is 489 g/mol. The minimum Gasteiger partial charge on any atom is -0.434 e. The summed E-state index contributed by atoms with van der Waals surface area (Å²) in [7, 11) is 0. The Kier molecular flexibility index (Phi) is 6.16. The number of aliphatic hydroxyl groups is 1. The highest BCUT2D eigenvalue weighted by Crippen LogP contribution is 2.37. The SMILES string of the molecule is N#Cc1cccc(N2C=C(N)c3nc(C(O)c4c(F)cccc4OC(F)F)nn3C2c2ccncn2)c1. The highest BCUT2D eigenvalue weighted by atomic mass is 19.3. The second kappa shape index (κ2) is 9.59. The average molecular weight is 506 g/mol. The van der Waals surface area contributed by atoms with Gasteiger partial charge in [-0.25, -0.2) is 24.0 Å². The lowest BCUT2D eigenvalue weighted by atomic mass is 10.1. The second-order valence-electron chi connectivity index (χ2n) is 7.83. The fourth-order valence-corrected chi connectivity index (χ4v) is 4.00. The van der Waals surface area contributed by atoms with Crippen molar-refractivity contribution < 1.29 is 23.0 Å². The molecule has 0 bridgehead atoms. The van der Waals surface area contributed by atoms with Crippen LogP contribution in [0.5, 0.6) is 5.75 Å². The van der Waals surface area contributed by atoms with Crippen LogP contribution in [0.4, 0.5) is 18.9 Å². The highest BCUT2D eigenvalue weighted by Gasteiger charge is 2.35. The molecule has 3 heterocycles. The molecule has 0 spiro atoms. The number of benzene rings is 2. The lowest BCUT2D eigenvalue weighted by Crippen LogP contribution is -2.36. The summed E-state index contributed by atoms with van der Waals surface area (Å²) in [5, 5.41) is 24.7. The van der Waals surface area contributed by atoms with Crippen molar-refractivity contribution in [2.75, 3.05) is 4.90 Å². The van der Waals surface area contributed by atoms with Gasteiger partial charge in [0.2, 0.25) is 0 Å². The van der Waals surface area contributed by atoms with Gasteiger partial charge in [-0.15, -0.1) is 0 Å². The van der Waals surface area contributed by atoms with E-state index in [1.165, 1.54) is 23.3 Å². The van der Waals surface area contributed by atoms with E-state index >= 15 is 0 Å². The van der Waals surface area contributed by atoms with Crippen LogP contribution in [0.15, 0.2) is 67.3 Å². The molecule has 2 atom stereocenters. The maximum atomic E-state index is 14.7. The van der Waals surface area contributed by atoms with Crippen molar-refractivity contribution in [1.29, 1.82) is 5.26 Å². The number of hydrogen-bond donors (Lipinski definition) is 2. The van der Waals surface area contributed by atoms with Crippen LogP contribution in [0, 0.1) is 17.1 Å². The van der Waals surface area contributed by atoms with Crippen LogP contribution in [0.1, 0.15) is 40.7 Å². The zero-order valence-corrected chi connectivity index (χ0v) is 18.8. The minimum atomic E-state index is -3.24. The number of nitriles is 1. The van der Waals surface area contributed by atoms with Crippen molar-refractivity contribution in [2.45, 2.75) is 18.9 Å². The zero-order valence-electron chi connectivity index (χ0n) is 18.8. The van der Waals surface area contributed by atoms with Crippen LogP contribution in [0.2, 0.25) is 0 Å². The zero-order chi connectivity index (χ0) is 26.1. The molecule has 4 aromatic rings. The van der Waals surface area contributed by atoms with Gasteiger partial charge in [0.05, 0.1) is 28.6 Å². The first kappa shape index (κ1) is 23.8. The van der Waals surface area contributed by atoms with E-state index in [9.17, 15) is 23.5 Å². The van der Waals surface area contributed by atoms with E-state index in [0.717, 1.165) is 12.1 Å². The van der Waals surface area contributed by atoms with E-state index < -0.39 is 36.0 Å². The van der Waals surface area contributed by atoms with Gasteiger partial charge in [-0.05, 0) is 36.4 Å². The maximum absolute atomic E-state index is 14.7. The Balaban J connectivity index is 1.64. The van der Waals surface area contributed by atoms with Gasteiger partial charge < -0.3 is 20.5 Å². The Morgan fingerprint density at radius 3 is 2.70 bits per heavy atom. The number of nitrogens with zero attached hydrogens (tertiary/aromatic N) is 7. The number of anilines is 1. The Hall–Kier alpha value is -4.96. The van der Waals surface area contributed by atoms with Crippen molar-refractivity contribution in [3.05, 3.63) is 102 Å². The third-order valence-electron chi connectivity index (χ3n) is 5.57. The van der Waals surface area contributed by atoms with E-state index in [4.69, 9.17) is 5.73 Å². The van der Waals surface area contributed by atoms with Crippen molar-refractivity contribution >= 4 is 11.4 Å². The van der Waals surface area contributed by atoms with E-state index in [0.29, 0.717) is 16.9 Å². The fourth-order valence-electron chi connectivity index (χ4n) is 4.00. The Labute approximate surface area is 207 Å². The smallest absolute Gasteiger partial charge is 0.387 e. The van der Waals surface area contributed by atoms with Gasteiger partial charge >= 0.3 is 6.61 Å². The predicted octanol–water partition coefficient (Wildman–Crippen LogP) is 3.09. The standard InChI is InChI=1S/C24H17F3N8O2/c25-15-5-2-6-18(37-24(26)27)19(15)20(36)21-32-22-16(29)11-34(14-4-1-3-13(9-14)10-28)23(35(22)33-21)17-7-8-30-12-31-17/h1-9,11-12,20,23-24,36H,29H2. The summed E-state index contributed by atoms with van der Waals surface area (Å²) in [6.45, 7) is -3.24. The summed E-state index contributed by atoms with van der Waals surface area (Å²) in [6.07, 6.45) is 1.76. The number of hydrogen-bond acceptors (Lipinski definition) is 9. The van der Waals surface area contributed by atoms with Gasteiger partial charge in [-0.1, -0.05) is 12.1 Å². The third-order valence-corrected chi connectivity index (χ3v) is 5.57. The molecule has 13 heteroatoms. The topological polar surface area (TPSA) is 139 Å². The molecule has 1 aliphatic rings. The number of aliphatic hydroxyl groups excluding tert-OH is 1. The monoisotopic (exact) mass is 506 g/mol. The normalized spacial score (nSPS) is 15.6. The Bertz CT molecular complexity index is 1520. The largest absolute Gasteiger partial charge is 0.434 e. The average Bonchev–Trinajstić information content (AvgIpc) is 3.35. The summed E-state index contributed by atoms with van der Waals surface area (Å²) in [5.41, 5.74) is 7.31. The molecule has 10 nitrogen and oxygen atoms in total. The first-order valence-electron chi connectivity index (χ1n) is 10.8. The number of halogens is 3. The molecule has 5 rings (SSSR count). The molecule has 0 amide bonds. The highest BCUT2D eigenvalue weighted by molar-refractivity contribution is 5.67. The van der Waals surface area contributed by atoms with Crippen LogP contribution in [-0.2, 0) is 0 Å². The maximum Gasteiger partial charge on any atom is 0.387 e. The number of aromatic nitrogens is 5. The number of rotatable bonds is 6. The summed E-state index contributed by atoms with van der Waals surface area (Å²) in [6, 6.07) is 13.7. The molecule has 0 aliphatic carbocycles. The van der Waals surface area contributed by atoms with E-state index in [1.807, 2.05) is 0 Å². The lowest BCUT2D eigenvalue weighted by molar-refractivity contribution is -0.0515. The molecule has 2 aromatic heterocycles. The summed E-state index contributed by atoms with van der Waals surface area (Å²) in [4.78, 5) is 14.2. The lowest BCUT2D eigenvalue weighted by Gasteiger charge is -2.34. The summed E-state index contributed by atoms with van der Waals surface area (Å²) in [5.74, 6) is -1.72. The molecule has 3 N–H and O–H groups in total. The van der Waals surface area contributed by atoms with E-state index in [2.05, 4.69) is 30.9 Å². The van der Waals surface area contributed by atoms with Gasteiger partial charge in [0.1, 0.15) is 24.0 Å². The molecular formula is C24H17F3N8O2. The number of ether oxygens (including phenoxy) is 1. The number of nitrogens with two attached hydrogens (primary N) is 1. The Morgan fingerprint density at radius 2 is 1.97 bits per heavy atom.